The van der Waals surface area contributed by atoms with Crippen LogP contribution in [0.2, 0.25) is 5.02 Å². The van der Waals surface area contributed by atoms with Crippen molar-refractivity contribution in [2.45, 2.75) is 30.8 Å². The third-order valence-corrected chi connectivity index (χ3v) is 6.76. The van der Waals surface area contributed by atoms with Crippen LogP contribution in [0.25, 0.3) is 11.0 Å². The van der Waals surface area contributed by atoms with Gasteiger partial charge in [0.2, 0.25) is 10.0 Å². The maximum atomic E-state index is 13.1. The summed E-state index contributed by atoms with van der Waals surface area (Å²) in [6.45, 7) is 2.72. The smallest absolute Gasteiger partial charge is 0.241 e. The molecule has 5 nitrogen and oxygen atoms in total. The van der Waals surface area contributed by atoms with Crippen molar-refractivity contribution in [3.63, 3.8) is 0 Å². The summed E-state index contributed by atoms with van der Waals surface area (Å²) < 4.78 is 31.2. The van der Waals surface area contributed by atoms with Gasteiger partial charge < -0.3 is 4.57 Å². The Morgan fingerprint density at radius 1 is 0.967 bits per heavy atom. The summed E-state index contributed by atoms with van der Waals surface area (Å²) in [6.07, 6.45) is 0.483. The summed E-state index contributed by atoms with van der Waals surface area (Å²) >= 11 is 5.93. The van der Waals surface area contributed by atoms with E-state index in [4.69, 9.17) is 16.6 Å². The zero-order valence-corrected chi connectivity index (χ0v) is 18.1. The maximum absolute atomic E-state index is 13.1. The Morgan fingerprint density at radius 2 is 1.63 bits per heavy atom. The molecule has 154 valence electrons. The molecule has 1 N–H and O–H groups in total. The number of benzene rings is 3. The number of hydrogen-bond acceptors (Lipinski definition) is 3. The Morgan fingerprint density at radius 3 is 2.33 bits per heavy atom. The SMILES string of the molecule is CCn1c(C(Cc2ccccc2)NS(=O)(=O)c2ccc(Cl)cc2)nc2ccccc21. The third kappa shape index (κ3) is 4.26. The standard InChI is InChI=1S/C23H22ClN3O2S/c1-2-27-22-11-7-6-10-20(22)25-23(27)21(16-17-8-4-3-5-9-17)26-30(28,29)19-14-12-18(24)13-15-19/h3-15,21,26H,2,16H2,1H3. The van der Waals surface area contributed by atoms with Crippen molar-refractivity contribution < 1.29 is 8.42 Å². The van der Waals surface area contributed by atoms with E-state index in [0.717, 1.165) is 16.6 Å². The Hall–Kier alpha value is -2.67. The molecular formula is C23H22ClN3O2S. The number of para-hydroxylation sites is 2. The molecule has 0 aliphatic heterocycles. The van der Waals surface area contributed by atoms with Gasteiger partial charge in [0.25, 0.3) is 0 Å². The monoisotopic (exact) mass is 439 g/mol. The highest BCUT2D eigenvalue weighted by Crippen LogP contribution is 2.26. The Kier molecular flexibility index (Phi) is 5.90. The van der Waals surface area contributed by atoms with Gasteiger partial charge in [-0.2, -0.15) is 0 Å². The highest BCUT2D eigenvalue weighted by atomic mass is 35.5. The number of rotatable bonds is 7. The molecule has 0 aliphatic carbocycles. The number of hydrogen-bond donors (Lipinski definition) is 1. The van der Waals surface area contributed by atoms with E-state index in [1.807, 2.05) is 61.5 Å². The molecule has 0 radical (unpaired) electrons. The summed E-state index contributed by atoms with van der Waals surface area (Å²) in [5.74, 6) is 0.695. The zero-order valence-electron chi connectivity index (χ0n) is 16.5. The van der Waals surface area contributed by atoms with Gasteiger partial charge in [0, 0.05) is 11.6 Å². The van der Waals surface area contributed by atoms with E-state index in [0.29, 0.717) is 23.8 Å². The van der Waals surface area contributed by atoms with Gasteiger partial charge in [-0.1, -0.05) is 54.1 Å². The molecule has 1 aromatic heterocycles. The Labute approximate surface area is 181 Å². The van der Waals surface area contributed by atoms with Crippen LogP contribution in [0.1, 0.15) is 24.4 Å². The number of aryl methyl sites for hydroxylation is 1. The second-order valence-electron chi connectivity index (χ2n) is 7.02. The van der Waals surface area contributed by atoms with Gasteiger partial charge in [-0.05, 0) is 55.3 Å². The summed E-state index contributed by atoms with van der Waals surface area (Å²) in [5, 5.41) is 0.488. The molecule has 4 rings (SSSR count). The lowest BCUT2D eigenvalue weighted by Crippen LogP contribution is -2.32. The van der Waals surface area contributed by atoms with E-state index >= 15 is 0 Å². The highest BCUT2D eigenvalue weighted by molar-refractivity contribution is 7.89. The van der Waals surface area contributed by atoms with Gasteiger partial charge in [0.05, 0.1) is 22.0 Å². The first-order chi connectivity index (χ1) is 14.5. The molecule has 1 unspecified atom stereocenters. The van der Waals surface area contributed by atoms with Crippen molar-refractivity contribution in [2.75, 3.05) is 0 Å². The number of aromatic nitrogens is 2. The van der Waals surface area contributed by atoms with Gasteiger partial charge in [-0.3, -0.25) is 0 Å². The van der Waals surface area contributed by atoms with E-state index in [-0.39, 0.29) is 4.90 Å². The van der Waals surface area contributed by atoms with Gasteiger partial charge in [0.1, 0.15) is 5.82 Å². The summed E-state index contributed by atoms with van der Waals surface area (Å²) in [4.78, 5) is 4.96. The second kappa shape index (κ2) is 8.60. The fourth-order valence-corrected chi connectivity index (χ4v) is 4.92. The minimum atomic E-state index is -3.77. The van der Waals surface area contributed by atoms with Gasteiger partial charge in [-0.25, -0.2) is 18.1 Å². The van der Waals surface area contributed by atoms with Crippen LogP contribution >= 0.6 is 11.6 Å². The van der Waals surface area contributed by atoms with Crippen molar-refractivity contribution in [1.82, 2.24) is 14.3 Å². The molecule has 30 heavy (non-hydrogen) atoms. The van der Waals surface area contributed by atoms with E-state index in [9.17, 15) is 8.42 Å². The van der Waals surface area contributed by atoms with Crippen LogP contribution in [0.4, 0.5) is 0 Å². The molecule has 0 amide bonds. The van der Waals surface area contributed by atoms with Crippen molar-refractivity contribution in [3.8, 4) is 0 Å². The number of fused-ring (bicyclic) bond motifs is 1. The molecule has 0 aliphatic rings. The molecule has 0 spiro atoms. The normalized spacial score (nSPS) is 12.9. The fraction of sp³-hybridized carbons (Fsp3) is 0.174. The van der Waals surface area contributed by atoms with Gasteiger partial charge in [-0.15, -0.1) is 0 Å². The molecule has 0 saturated carbocycles. The average molecular weight is 440 g/mol. The molecule has 0 saturated heterocycles. The molecule has 0 bridgehead atoms. The molecule has 7 heteroatoms. The quantitative estimate of drug-likeness (QED) is 0.442. The number of sulfonamides is 1. The first-order valence-electron chi connectivity index (χ1n) is 9.75. The summed E-state index contributed by atoms with van der Waals surface area (Å²) in [6, 6.07) is 23.3. The lowest BCUT2D eigenvalue weighted by molar-refractivity contribution is 0.528. The van der Waals surface area contributed by atoms with E-state index in [1.54, 1.807) is 12.1 Å². The molecule has 1 atom stereocenters. The predicted molar refractivity (Wildman–Crippen MR) is 120 cm³/mol. The first kappa shape index (κ1) is 20.6. The summed E-state index contributed by atoms with van der Waals surface area (Å²) in [7, 11) is -3.77. The van der Waals surface area contributed by atoms with Crippen molar-refractivity contribution in [2.24, 2.45) is 0 Å². The molecule has 0 fully saturated rings. The van der Waals surface area contributed by atoms with Crippen LogP contribution < -0.4 is 4.72 Å². The van der Waals surface area contributed by atoms with Gasteiger partial charge >= 0.3 is 0 Å². The zero-order chi connectivity index (χ0) is 21.1. The minimum Gasteiger partial charge on any atom is -0.327 e. The van der Waals surface area contributed by atoms with E-state index < -0.39 is 16.1 Å². The van der Waals surface area contributed by atoms with Crippen LogP contribution in [0, 0.1) is 0 Å². The Bertz CT molecular complexity index is 1250. The topological polar surface area (TPSA) is 64.0 Å². The lowest BCUT2D eigenvalue weighted by Gasteiger charge is -2.20. The largest absolute Gasteiger partial charge is 0.327 e. The fourth-order valence-electron chi connectivity index (χ4n) is 3.60. The molecule has 1 heterocycles. The molecule has 3 aromatic carbocycles. The maximum Gasteiger partial charge on any atom is 0.241 e. The minimum absolute atomic E-state index is 0.170. The molecule has 4 aromatic rings. The number of halogens is 1. The van der Waals surface area contributed by atoms with Crippen LogP contribution in [-0.2, 0) is 23.0 Å². The number of imidazole rings is 1. The van der Waals surface area contributed by atoms with Gasteiger partial charge in [0.15, 0.2) is 0 Å². The lowest BCUT2D eigenvalue weighted by atomic mass is 10.1. The van der Waals surface area contributed by atoms with Crippen LogP contribution in [0.5, 0.6) is 0 Å². The van der Waals surface area contributed by atoms with E-state index in [2.05, 4.69) is 9.29 Å². The number of nitrogens with one attached hydrogen (secondary N) is 1. The predicted octanol–water partition coefficient (Wildman–Crippen LogP) is 4.97. The average Bonchev–Trinajstić information content (AvgIpc) is 3.13. The first-order valence-corrected chi connectivity index (χ1v) is 11.6. The van der Waals surface area contributed by atoms with Crippen LogP contribution in [0.3, 0.4) is 0 Å². The van der Waals surface area contributed by atoms with Crippen molar-refractivity contribution in [1.29, 1.82) is 0 Å². The molecular weight excluding hydrogens is 418 g/mol. The Balaban J connectivity index is 1.78. The number of nitrogens with zero attached hydrogens (tertiary/aromatic N) is 2. The van der Waals surface area contributed by atoms with Crippen LogP contribution in [-0.4, -0.2) is 18.0 Å². The second-order valence-corrected chi connectivity index (χ2v) is 9.17. The van der Waals surface area contributed by atoms with E-state index in [1.165, 1.54) is 12.1 Å². The van der Waals surface area contributed by atoms with Crippen LogP contribution in [0.15, 0.2) is 83.8 Å². The van der Waals surface area contributed by atoms with Crippen molar-refractivity contribution >= 4 is 32.7 Å². The highest BCUT2D eigenvalue weighted by Gasteiger charge is 2.26. The summed E-state index contributed by atoms with van der Waals surface area (Å²) in [5.41, 5.74) is 2.85. The third-order valence-electron chi connectivity index (χ3n) is 5.02. The van der Waals surface area contributed by atoms with Crippen molar-refractivity contribution in [3.05, 3.63) is 95.3 Å².